The van der Waals surface area contributed by atoms with Gasteiger partial charge < -0.3 is 13.9 Å². The van der Waals surface area contributed by atoms with Gasteiger partial charge in [0, 0.05) is 54.0 Å². The number of rotatable bonds is 15. The summed E-state index contributed by atoms with van der Waals surface area (Å²) < 4.78 is 406. The summed E-state index contributed by atoms with van der Waals surface area (Å²) >= 11 is 0. The van der Waals surface area contributed by atoms with Gasteiger partial charge >= 0.3 is 0 Å². The number of hydrogen-bond donors (Lipinski definition) is 0. The minimum Gasteiger partial charge on any atom is -0.510 e. The van der Waals surface area contributed by atoms with Crippen molar-refractivity contribution in [2.24, 2.45) is 0 Å². The maximum atomic E-state index is 11.1. The Kier molecular flexibility index (Phi) is 8.32. The van der Waals surface area contributed by atoms with Crippen LogP contribution in [0, 0.1) is 25.3 Å². The van der Waals surface area contributed by atoms with Gasteiger partial charge in [-0.25, -0.2) is 4.98 Å². The van der Waals surface area contributed by atoms with Crippen molar-refractivity contribution >= 4 is 90.5 Å². The van der Waals surface area contributed by atoms with Gasteiger partial charge in [-0.3, -0.25) is 4.57 Å². The Labute approximate surface area is 643 Å². The molecule has 16 aromatic rings. The number of nitrogens with zero attached hydrogens (tertiary/aromatic N) is 4. The van der Waals surface area contributed by atoms with E-state index in [4.69, 9.17) is 23.9 Å². The quantitative estimate of drug-likeness (QED) is 0.0444. The Morgan fingerprint density at radius 3 is 1.57 bits per heavy atom. The third kappa shape index (κ3) is 11.0. The third-order valence-electron chi connectivity index (χ3n) is 16.3. The summed E-state index contributed by atoms with van der Waals surface area (Å²) in [6.07, 6.45) is 4.41. The first kappa shape index (κ1) is 30.9. The van der Waals surface area contributed by atoms with Crippen LogP contribution in [-0.4, -0.2) is 30.3 Å². The molecule has 0 bridgehead atoms. The molecule has 470 valence electrons. The molecule has 0 saturated carbocycles. The molecule has 8 heteroatoms. The number of ether oxygens (including phenoxy) is 1. The van der Waals surface area contributed by atoms with Crippen LogP contribution in [0.3, 0.4) is 0 Å². The van der Waals surface area contributed by atoms with Gasteiger partial charge in [0.05, 0.1) is 70.2 Å². The predicted molar refractivity (Wildman–Crippen MR) is 402 cm³/mol. The van der Waals surface area contributed by atoms with Crippen LogP contribution in [0.15, 0.2) is 339 Å². The Bertz CT molecular complexity index is 7580. The molecule has 0 spiro atoms. The summed E-state index contributed by atoms with van der Waals surface area (Å²) in [7, 11) is -12.7. The number of benzene rings is 13. The molecule has 16 rings (SSSR count). The zero-order valence-electron chi connectivity index (χ0n) is 92.8. The van der Waals surface area contributed by atoms with Gasteiger partial charge in [0.2, 0.25) is 0 Å². The molecular formula is C89H68N4OPtSi2-2. The average Bonchev–Trinajstić information content (AvgIpc) is 1.03. The molecule has 3 aromatic heterocycles. The molecule has 13 aromatic carbocycles. The van der Waals surface area contributed by atoms with E-state index in [9.17, 15) is 38.4 Å². The van der Waals surface area contributed by atoms with Crippen LogP contribution in [0.1, 0.15) is 89.5 Å². The molecule has 0 unspecified atom stereocenters. The van der Waals surface area contributed by atoms with Crippen LogP contribution in [0.2, 0.25) is 0 Å². The van der Waals surface area contributed by atoms with Crippen LogP contribution in [0.25, 0.3) is 72.3 Å². The van der Waals surface area contributed by atoms with Gasteiger partial charge in [-0.2, -0.15) is 18.2 Å². The fourth-order valence-electron chi connectivity index (χ4n) is 12.2. The van der Waals surface area contributed by atoms with Crippen LogP contribution < -0.4 is 50.8 Å². The van der Waals surface area contributed by atoms with Crippen molar-refractivity contribution in [2.75, 3.05) is 0 Å². The van der Waals surface area contributed by atoms with E-state index in [1.54, 1.807) is 61.7 Å². The molecule has 0 saturated heterocycles. The topological polar surface area (TPSA) is 35.9 Å². The molecule has 0 amide bonds. The second-order valence-electron chi connectivity index (χ2n) is 22.7. The zero-order chi connectivity index (χ0) is 101. The molecule has 5 nitrogen and oxygen atoms in total. The Balaban J connectivity index is 0.0000146. The fourth-order valence-corrected chi connectivity index (χ4v) is 19.6. The number of fused-ring (bicyclic) bond motifs is 4. The smallest absolute Gasteiger partial charge is 0.268 e. The van der Waals surface area contributed by atoms with E-state index >= 15 is 0 Å². The number of pyridine rings is 1. The summed E-state index contributed by atoms with van der Waals surface area (Å²) in [5, 5.41) is -6.71. The molecule has 0 fully saturated rings. The summed E-state index contributed by atoms with van der Waals surface area (Å²) in [6, 6.07) is -13.5. The summed E-state index contributed by atoms with van der Waals surface area (Å²) in [5.74, 6) is -0.347. The van der Waals surface area contributed by atoms with Gasteiger partial charge in [-0.05, 0) is 105 Å². The van der Waals surface area contributed by atoms with Gasteiger partial charge in [0.1, 0.15) is 5.82 Å². The second kappa shape index (κ2) is 26.1. The Morgan fingerprint density at radius 1 is 0.464 bits per heavy atom. The van der Waals surface area contributed by atoms with Gasteiger partial charge in [-0.15, -0.1) is 29.7 Å². The largest absolute Gasteiger partial charge is 0.510 e. The monoisotopic (exact) mass is 1500 g/mol. The van der Waals surface area contributed by atoms with E-state index < -0.39 is 322 Å². The molecule has 3 heterocycles. The molecular weight excluding hydrogens is 1390 g/mol. The molecule has 0 aliphatic rings. The van der Waals surface area contributed by atoms with Crippen molar-refractivity contribution in [2.45, 2.75) is 33.0 Å². The SMILES string of the molecule is [2H]c1c([2H])c([2H])c(-c2cnc(-n3c4[c-]c(Oc5[c-]c(-n6[c-][n+](-c7c(-c8c([2H])c([2H])c([2H])c([Si](c9c([2H])c([2H])c([2H])c([2H])c9[2H])(c9c([2H])c([2H])c([2H])c([2H])c9[2H])c9c([2H])c([2H])c([2H])c([2H])c9[2H])c8[2H])cccc7C(C)(C)C)c7ccc([Si](c8c([2H])c([2H])c([2H])c([2H])c8[2H])(c8c([2H])c([2H])c([2H])c([2H])c8[2H])c8c([2H])c([2H])c([2H])c([2H])c8[2H])cc76)ccc5)ccc4c4ccccc43)cc2C([2H])([2H])[2H])c([2H])c1[2H].[Pt]. The molecule has 0 N–H and O–H groups in total. The first-order valence-corrected chi connectivity index (χ1v) is 33.5. The Morgan fingerprint density at radius 2 is 0.990 bits per heavy atom. The molecule has 97 heavy (non-hydrogen) atoms. The molecule has 0 radical (unpaired) electrons. The van der Waals surface area contributed by atoms with Gasteiger partial charge in [0.25, 0.3) is 6.33 Å². The minimum atomic E-state index is -6.57. The van der Waals surface area contributed by atoms with Crippen LogP contribution in [0.4, 0.5) is 0 Å². The zero-order valence-corrected chi connectivity index (χ0v) is 55.1. The van der Waals surface area contributed by atoms with E-state index in [1.165, 1.54) is 69.8 Å². The van der Waals surface area contributed by atoms with Crippen molar-refractivity contribution in [3.63, 3.8) is 0 Å². The minimum absolute atomic E-state index is 0. The van der Waals surface area contributed by atoms with Crippen molar-refractivity contribution in [3.05, 3.63) is 369 Å². The maximum Gasteiger partial charge on any atom is 0.268 e. The molecule has 0 atom stereocenters. The van der Waals surface area contributed by atoms with E-state index in [-0.39, 0.29) is 83.0 Å². The normalized spacial score (nSPS) is 18.1. The standard InChI is InChI=1S/C89H68N4OSi2.Pt/c1-64-57-87(90-62-81(64)65-31-12-5-13-32-65)93-83-52-27-26-49-79(83)80-55-53-69(60-85(80)93)94-68-35-29-34-67(59-68)91-63-92(84-56-54-77(61-86(84)91)96(73-42-20-9-21-43-73,74-44-22-10-23-45-74)75-46-24-11-25-47-75)88-78(50-30-51-82(88)89(2,3)4)66-33-28-48-76(58-66)95(70-36-14-6-15-37-70,71-38-16-7-17-39-71)72-40-18-8-19-41-72;/h5-58,61-62H,1-4H3;/q-2;/i1D3,5D,6D,7D,8D,9D,10D,11D,12D,13D,14D,15D,16D,17D,18D,19D,20D,21D,22D,23D,24D,25D,28D,31D,32D,33D,36D,37D,38D,39D,40D,41D,42D,43D,44D,45D,46D,47D,48D,58D;. The summed E-state index contributed by atoms with van der Waals surface area (Å²) in [5.41, 5.74) is -3.66. The van der Waals surface area contributed by atoms with Crippen molar-refractivity contribution in [3.8, 4) is 50.9 Å². The van der Waals surface area contributed by atoms with Crippen molar-refractivity contribution in [1.82, 2.24) is 14.1 Å². The van der Waals surface area contributed by atoms with Crippen LogP contribution >= 0.6 is 0 Å². The number of aryl methyl sites for hydroxylation is 1. The average molecular weight is 1500 g/mol. The predicted octanol–water partition coefficient (Wildman–Crippen LogP) is 15.3. The summed E-state index contributed by atoms with van der Waals surface area (Å²) in [4.78, 5) is 4.68. The molecule has 0 aliphatic carbocycles. The van der Waals surface area contributed by atoms with E-state index in [0.717, 1.165) is 6.20 Å². The number of hydrogen-bond acceptors (Lipinski definition) is 2. The first-order valence-electron chi connectivity index (χ1n) is 50.5. The third-order valence-corrected chi connectivity index (χ3v) is 24.5. The van der Waals surface area contributed by atoms with Gasteiger partial charge in [0.15, 0.2) is 16.1 Å². The van der Waals surface area contributed by atoms with Crippen LogP contribution in [0.5, 0.6) is 11.5 Å². The second-order valence-corrected chi connectivity index (χ2v) is 29.8. The number of para-hydroxylation sites is 2. The number of aromatic nitrogens is 4. The van der Waals surface area contributed by atoms with E-state index in [2.05, 4.69) is 23.4 Å². The van der Waals surface area contributed by atoms with E-state index in [1.807, 2.05) is 0 Å². The van der Waals surface area contributed by atoms with E-state index in [0.29, 0.717) is 16.3 Å². The summed E-state index contributed by atoms with van der Waals surface area (Å²) in [6.45, 7) is 2.05. The van der Waals surface area contributed by atoms with Crippen molar-refractivity contribution < 1.29 is 87.9 Å². The maximum absolute atomic E-state index is 11.1. The van der Waals surface area contributed by atoms with Gasteiger partial charge in [-0.1, -0.05) is 317 Å². The Hall–Kier alpha value is -10.8. The van der Waals surface area contributed by atoms with Crippen molar-refractivity contribution in [1.29, 1.82) is 0 Å². The first-order chi connectivity index (χ1) is 64.5. The number of imidazole rings is 1. The fraction of sp³-hybridized carbons (Fsp3) is 0.0562. The van der Waals surface area contributed by atoms with Crippen LogP contribution in [-0.2, 0) is 26.5 Å². The molecule has 0 aliphatic heterocycles.